The van der Waals surface area contributed by atoms with Crippen LogP contribution in [0.1, 0.15) is 23.0 Å². The summed E-state index contributed by atoms with van der Waals surface area (Å²) in [4.78, 5) is 29.3. The average molecular weight is 497 g/mol. The Morgan fingerprint density at radius 1 is 0.973 bits per heavy atom. The number of carbonyl (C=O) groups is 2. The maximum atomic E-state index is 13.9. The molecule has 0 fully saturated rings. The monoisotopic (exact) mass is 496 g/mol. The van der Waals surface area contributed by atoms with Crippen LogP contribution in [-0.2, 0) is 17.9 Å². The number of rotatable bonds is 7. The molecule has 2 heterocycles. The summed E-state index contributed by atoms with van der Waals surface area (Å²) in [5.41, 5.74) is 2.18. The fourth-order valence-corrected chi connectivity index (χ4v) is 4.68. The number of ether oxygens (including phenoxy) is 2. The highest BCUT2D eigenvalue weighted by Crippen LogP contribution is 2.35. The second kappa shape index (κ2) is 9.81. The second-order valence-corrected chi connectivity index (χ2v) is 9.05. The first-order chi connectivity index (χ1) is 17.9. The van der Waals surface area contributed by atoms with Crippen LogP contribution in [-0.4, -0.2) is 41.4 Å². The van der Waals surface area contributed by atoms with Crippen molar-refractivity contribution in [2.45, 2.75) is 25.6 Å². The number of amides is 2. The molecule has 1 aliphatic heterocycles. The number of carbonyl (C=O) groups excluding carboxylic acids is 2. The number of benzene rings is 3. The van der Waals surface area contributed by atoms with E-state index in [4.69, 9.17) is 14.6 Å². The molecule has 0 spiro atoms. The standard InChI is InChI=1S/C29H28N4O4/c1-29(28(35)30-18-21-11-7-8-12-26(21)37-3)19-32-25(17-24(31-32)20-9-5-4-6-10-20)27(34)33(29)22-13-15-23(36-2)16-14-22/h4-17H,18-19H2,1-3H3,(H,30,35). The van der Waals surface area contributed by atoms with Gasteiger partial charge in [-0.15, -0.1) is 0 Å². The predicted octanol–water partition coefficient (Wildman–Crippen LogP) is 4.30. The molecule has 1 aromatic heterocycles. The number of nitrogens with zero attached hydrogens (tertiary/aromatic N) is 3. The normalized spacial score (nSPS) is 16.7. The summed E-state index contributed by atoms with van der Waals surface area (Å²) in [6.07, 6.45) is 0. The van der Waals surface area contributed by atoms with E-state index in [1.54, 1.807) is 61.1 Å². The summed E-state index contributed by atoms with van der Waals surface area (Å²) in [5.74, 6) is 0.736. The van der Waals surface area contributed by atoms with Crippen LogP contribution in [0.5, 0.6) is 11.5 Å². The van der Waals surface area contributed by atoms with Gasteiger partial charge in [0.1, 0.15) is 22.7 Å². The second-order valence-electron chi connectivity index (χ2n) is 9.05. The van der Waals surface area contributed by atoms with Crippen molar-refractivity contribution >= 4 is 17.5 Å². The summed E-state index contributed by atoms with van der Waals surface area (Å²) in [6.45, 7) is 2.20. The summed E-state index contributed by atoms with van der Waals surface area (Å²) in [7, 11) is 3.18. The Bertz CT molecular complexity index is 1430. The van der Waals surface area contributed by atoms with Crippen LogP contribution in [0.25, 0.3) is 11.3 Å². The maximum absolute atomic E-state index is 13.9. The largest absolute Gasteiger partial charge is 0.497 e. The van der Waals surface area contributed by atoms with Gasteiger partial charge in [0.25, 0.3) is 5.91 Å². The van der Waals surface area contributed by atoms with Crippen molar-refractivity contribution < 1.29 is 19.1 Å². The van der Waals surface area contributed by atoms with Gasteiger partial charge in [-0.25, -0.2) is 0 Å². The van der Waals surface area contributed by atoms with Gasteiger partial charge in [0.15, 0.2) is 0 Å². The van der Waals surface area contributed by atoms with E-state index in [1.807, 2.05) is 54.6 Å². The number of methoxy groups -OCH3 is 2. The number of nitrogens with one attached hydrogen (secondary N) is 1. The Kier molecular flexibility index (Phi) is 6.40. The molecule has 0 radical (unpaired) electrons. The van der Waals surface area contributed by atoms with E-state index < -0.39 is 5.54 Å². The fraction of sp³-hybridized carbons (Fsp3) is 0.207. The third-order valence-electron chi connectivity index (χ3n) is 6.67. The molecule has 8 nitrogen and oxygen atoms in total. The van der Waals surface area contributed by atoms with Gasteiger partial charge in [-0.3, -0.25) is 19.2 Å². The van der Waals surface area contributed by atoms with Crippen molar-refractivity contribution in [2.24, 2.45) is 0 Å². The Morgan fingerprint density at radius 3 is 2.38 bits per heavy atom. The summed E-state index contributed by atoms with van der Waals surface area (Å²) < 4.78 is 12.4. The minimum absolute atomic E-state index is 0.185. The molecule has 4 aromatic rings. The Labute approximate surface area is 215 Å². The molecule has 8 heteroatoms. The number of fused-ring (bicyclic) bond motifs is 1. The van der Waals surface area contributed by atoms with Gasteiger partial charge in [0.05, 0.1) is 26.5 Å². The number of aromatic nitrogens is 2. The molecule has 1 aliphatic rings. The maximum Gasteiger partial charge on any atom is 0.277 e. The van der Waals surface area contributed by atoms with Gasteiger partial charge in [-0.1, -0.05) is 48.5 Å². The van der Waals surface area contributed by atoms with Crippen LogP contribution >= 0.6 is 0 Å². The van der Waals surface area contributed by atoms with Gasteiger partial charge in [-0.2, -0.15) is 5.10 Å². The molecule has 1 unspecified atom stereocenters. The average Bonchev–Trinajstić information content (AvgIpc) is 3.36. The molecule has 0 aliphatic carbocycles. The van der Waals surface area contributed by atoms with Crippen LogP contribution in [0.4, 0.5) is 5.69 Å². The first-order valence-corrected chi connectivity index (χ1v) is 12.0. The third kappa shape index (κ3) is 4.42. The van der Waals surface area contributed by atoms with Crippen molar-refractivity contribution in [1.29, 1.82) is 0 Å². The van der Waals surface area contributed by atoms with E-state index in [0.29, 0.717) is 28.6 Å². The van der Waals surface area contributed by atoms with Crippen molar-refractivity contribution in [3.05, 3.63) is 96.2 Å². The lowest BCUT2D eigenvalue weighted by molar-refractivity contribution is -0.126. The zero-order valence-electron chi connectivity index (χ0n) is 21.0. The van der Waals surface area contributed by atoms with E-state index in [2.05, 4.69) is 5.32 Å². The number of para-hydroxylation sites is 1. The minimum atomic E-state index is -1.25. The van der Waals surface area contributed by atoms with Gasteiger partial charge in [0, 0.05) is 23.4 Å². The first kappa shape index (κ1) is 24.1. The highest BCUT2D eigenvalue weighted by molar-refractivity contribution is 6.12. The summed E-state index contributed by atoms with van der Waals surface area (Å²) in [6, 6.07) is 26.1. The molecular weight excluding hydrogens is 468 g/mol. The van der Waals surface area contributed by atoms with E-state index >= 15 is 0 Å². The summed E-state index contributed by atoms with van der Waals surface area (Å²) >= 11 is 0. The van der Waals surface area contributed by atoms with Gasteiger partial charge in [0.2, 0.25) is 5.91 Å². The smallest absolute Gasteiger partial charge is 0.277 e. The molecule has 37 heavy (non-hydrogen) atoms. The highest BCUT2D eigenvalue weighted by Gasteiger charge is 2.48. The Morgan fingerprint density at radius 2 is 1.68 bits per heavy atom. The molecule has 0 saturated heterocycles. The molecule has 0 saturated carbocycles. The van der Waals surface area contributed by atoms with E-state index in [0.717, 1.165) is 11.1 Å². The van der Waals surface area contributed by atoms with Gasteiger partial charge >= 0.3 is 0 Å². The number of hydrogen-bond donors (Lipinski definition) is 1. The number of anilines is 1. The minimum Gasteiger partial charge on any atom is -0.497 e. The van der Waals surface area contributed by atoms with E-state index in [-0.39, 0.29) is 24.9 Å². The van der Waals surface area contributed by atoms with Gasteiger partial charge < -0.3 is 14.8 Å². The van der Waals surface area contributed by atoms with Crippen molar-refractivity contribution in [2.75, 3.05) is 19.1 Å². The molecule has 188 valence electrons. The van der Waals surface area contributed by atoms with Crippen LogP contribution in [0.2, 0.25) is 0 Å². The van der Waals surface area contributed by atoms with Gasteiger partial charge in [-0.05, 0) is 43.3 Å². The molecule has 1 atom stereocenters. The first-order valence-electron chi connectivity index (χ1n) is 12.0. The quantitative estimate of drug-likeness (QED) is 0.412. The summed E-state index contributed by atoms with van der Waals surface area (Å²) in [5, 5.41) is 7.72. The predicted molar refractivity (Wildman–Crippen MR) is 141 cm³/mol. The van der Waals surface area contributed by atoms with Crippen molar-refractivity contribution in [1.82, 2.24) is 15.1 Å². The third-order valence-corrected chi connectivity index (χ3v) is 6.67. The van der Waals surface area contributed by atoms with E-state index in [1.165, 1.54) is 0 Å². The molecular formula is C29H28N4O4. The Hall–Kier alpha value is -4.59. The van der Waals surface area contributed by atoms with Crippen molar-refractivity contribution in [3.8, 4) is 22.8 Å². The zero-order chi connectivity index (χ0) is 26.0. The van der Waals surface area contributed by atoms with Crippen LogP contribution < -0.4 is 19.7 Å². The lowest BCUT2D eigenvalue weighted by Gasteiger charge is -2.43. The molecule has 0 bridgehead atoms. The fourth-order valence-electron chi connectivity index (χ4n) is 4.68. The molecule has 2 amide bonds. The Balaban J connectivity index is 1.53. The van der Waals surface area contributed by atoms with Crippen LogP contribution in [0, 0.1) is 0 Å². The van der Waals surface area contributed by atoms with Crippen LogP contribution in [0.15, 0.2) is 84.9 Å². The molecule has 1 N–H and O–H groups in total. The SMILES string of the molecule is COc1ccc(N2C(=O)c3cc(-c4ccccc4)nn3CC2(C)C(=O)NCc2ccccc2OC)cc1. The zero-order valence-corrected chi connectivity index (χ0v) is 21.0. The van der Waals surface area contributed by atoms with E-state index in [9.17, 15) is 9.59 Å². The topological polar surface area (TPSA) is 85.7 Å². The highest BCUT2D eigenvalue weighted by atomic mass is 16.5. The lowest BCUT2D eigenvalue weighted by atomic mass is 9.93. The molecule has 5 rings (SSSR count). The molecule has 3 aromatic carbocycles. The van der Waals surface area contributed by atoms with Crippen molar-refractivity contribution in [3.63, 3.8) is 0 Å². The number of hydrogen-bond acceptors (Lipinski definition) is 5. The van der Waals surface area contributed by atoms with Crippen LogP contribution in [0.3, 0.4) is 0 Å². The lowest BCUT2D eigenvalue weighted by Crippen LogP contribution is -2.64.